The molecule has 3 N–H and O–H groups in total. The Morgan fingerprint density at radius 2 is 2.42 bits per heavy atom. The molecule has 2 atom stereocenters. The van der Waals surface area contributed by atoms with Gasteiger partial charge in [0, 0.05) is 24.5 Å². The van der Waals surface area contributed by atoms with E-state index in [4.69, 9.17) is 15.6 Å². The summed E-state index contributed by atoms with van der Waals surface area (Å²) in [6, 6.07) is -0.595. The molecule has 1 aromatic rings. The monoisotopic (exact) mass is 285 g/mol. The molecular weight excluding hydrogens is 266 g/mol. The molecule has 0 radical (unpaired) electrons. The maximum atomic E-state index is 10.8. The van der Waals surface area contributed by atoms with Crippen LogP contribution in [0.4, 0.5) is 0 Å². The van der Waals surface area contributed by atoms with Gasteiger partial charge in [0.15, 0.2) is 0 Å². The van der Waals surface area contributed by atoms with E-state index in [9.17, 15) is 4.79 Å². The van der Waals surface area contributed by atoms with Gasteiger partial charge in [0.25, 0.3) is 0 Å². The van der Waals surface area contributed by atoms with Gasteiger partial charge >= 0.3 is 5.97 Å². The molecule has 2 rings (SSSR count). The van der Waals surface area contributed by atoms with E-state index in [1.807, 2.05) is 0 Å². The van der Waals surface area contributed by atoms with Crippen LogP contribution in [0.25, 0.3) is 0 Å². The van der Waals surface area contributed by atoms with E-state index in [-0.39, 0.29) is 6.10 Å². The van der Waals surface area contributed by atoms with E-state index in [1.54, 1.807) is 5.38 Å². The predicted octanol–water partition coefficient (Wildman–Crippen LogP) is 1.01. The first-order valence-electron chi connectivity index (χ1n) is 6.28. The van der Waals surface area contributed by atoms with Crippen molar-refractivity contribution in [1.29, 1.82) is 0 Å². The van der Waals surface area contributed by atoms with Crippen LogP contribution < -0.4 is 5.73 Å². The Bertz CT molecular complexity index is 449. The van der Waals surface area contributed by atoms with Crippen molar-refractivity contribution in [2.45, 2.75) is 32.0 Å². The highest BCUT2D eigenvalue weighted by Crippen LogP contribution is 2.27. The van der Waals surface area contributed by atoms with E-state index in [0.717, 1.165) is 18.1 Å². The van der Waals surface area contributed by atoms with Gasteiger partial charge in [0.2, 0.25) is 0 Å². The Morgan fingerprint density at radius 1 is 1.68 bits per heavy atom. The minimum absolute atomic E-state index is 0.0871. The van der Waals surface area contributed by atoms with Gasteiger partial charge in [-0.1, -0.05) is 0 Å². The lowest BCUT2D eigenvalue weighted by molar-refractivity contribution is -0.138. The van der Waals surface area contributed by atoms with Gasteiger partial charge in [-0.25, -0.2) is 4.98 Å². The Kier molecular flexibility index (Phi) is 4.51. The van der Waals surface area contributed by atoms with Gasteiger partial charge in [-0.15, -0.1) is 11.3 Å². The van der Waals surface area contributed by atoms with Crippen LogP contribution in [-0.4, -0.2) is 46.7 Å². The summed E-state index contributed by atoms with van der Waals surface area (Å²) in [6.45, 7) is 6.67. The van der Waals surface area contributed by atoms with Crippen molar-refractivity contribution in [2.24, 2.45) is 5.73 Å². The van der Waals surface area contributed by atoms with Crippen LogP contribution in [0.3, 0.4) is 0 Å². The fourth-order valence-electron chi connectivity index (χ4n) is 2.01. The number of rotatable bonds is 4. The number of nitrogens with two attached hydrogens (primary N) is 1. The first-order chi connectivity index (χ1) is 8.99. The fourth-order valence-corrected chi connectivity index (χ4v) is 2.90. The number of morpholine rings is 1. The Hall–Kier alpha value is -1.02. The quantitative estimate of drug-likeness (QED) is 0.858. The molecule has 0 spiro atoms. The Morgan fingerprint density at radius 3 is 3.05 bits per heavy atom. The van der Waals surface area contributed by atoms with Crippen molar-refractivity contribution in [3.63, 3.8) is 0 Å². The number of carbonyl (C=O) groups is 1. The van der Waals surface area contributed by atoms with Gasteiger partial charge in [0.05, 0.1) is 12.3 Å². The second kappa shape index (κ2) is 5.96. The Balaban J connectivity index is 2.08. The van der Waals surface area contributed by atoms with E-state index >= 15 is 0 Å². The number of aromatic nitrogens is 1. The average Bonchev–Trinajstić information content (AvgIpc) is 2.87. The van der Waals surface area contributed by atoms with Crippen LogP contribution in [0.2, 0.25) is 0 Å². The van der Waals surface area contributed by atoms with E-state index in [0.29, 0.717) is 18.3 Å². The molecule has 0 amide bonds. The Labute approximate surface area is 116 Å². The first-order valence-corrected chi connectivity index (χ1v) is 7.16. The maximum absolute atomic E-state index is 10.8. The smallest absolute Gasteiger partial charge is 0.326 e. The lowest BCUT2D eigenvalue weighted by atomic mass is 10.2. The molecule has 0 aromatic carbocycles. The van der Waals surface area contributed by atoms with Crippen molar-refractivity contribution in [3.05, 3.63) is 16.1 Å². The highest BCUT2D eigenvalue weighted by atomic mass is 32.1. The molecule has 1 saturated heterocycles. The summed E-state index contributed by atoms with van der Waals surface area (Å²) >= 11 is 1.41. The summed E-state index contributed by atoms with van der Waals surface area (Å²) in [5.41, 5.74) is 5.95. The number of carboxylic acid groups (broad SMARTS) is 1. The normalized spacial score (nSPS) is 22.6. The van der Waals surface area contributed by atoms with Gasteiger partial charge in [-0.2, -0.15) is 0 Å². The van der Waals surface area contributed by atoms with Crippen LogP contribution in [-0.2, 0) is 9.53 Å². The zero-order valence-electron chi connectivity index (χ0n) is 11.1. The molecule has 1 aromatic heterocycles. The summed E-state index contributed by atoms with van der Waals surface area (Å²) in [4.78, 5) is 17.5. The van der Waals surface area contributed by atoms with Crippen molar-refractivity contribution in [1.82, 2.24) is 9.88 Å². The molecule has 0 aliphatic carbocycles. The largest absolute Gasteiger partial charge is 0.480 e. The lowest BCUT2D eigenvalue weighted by Crippen LogP contribution is -2.42. The zero-order chi connectivity index (χ0) is 14.0. The minimum atomic E-state index is -1.06. The summed E-state index contributed by atoms with van der Waals surface area (Å²) in [5, 5.41) is 11.4. The van der Waals surface area contributed by atoms with Crippen molar-refractivity contribution in [2.75, 3.05) is 19.7 Å². The molecule has 1 aliphatic rings. The van der Waals surface area contributed by atoms with Gasteiger partial charge in [0.1, 0.15) is 17.2 Å². The van der Waals surface area contributed by atoms with Gasteiger partial charge in [-0.05, 0) is 13.8 Å². The summed E-state index contributed by atoms with van der Waals surface area (Å²) in [7, 11) is 0. The third-order valence-corrected chi connectivity index (χ3v) is 4.18. The number of thiazole rings is 1. The molecule has 6 nitrogen and oxygen atoms in total. The van der Waals surface area contributed by atoms with Crippen LogP contribution in [0.15, 0.2) is 5.38 Å². The number of carboxylic acids is 1. The predicted molar refractivity (Wildman–Crippen MR) is 72.1 cm³/mol. The highest BCUT2D eigenvalue weighted by molar-refractivity contribution is 7.09. The first kappa shape index (κ1) is 14.4. The van der Waals surface area contributed by atoms with Crippen LogP contribution in [0.1, 0.15) is 36.7 Å². The number of nitrogens with zero attached hydrogens (tertiary/aromatic N) is 2. The minimum Gasteiger partial charge on any atom is -0.480 e. The van der Waals surface area contributed by atoms with Gasteiger partial charge < -0.3 is 15.6 Å². The van der Waals surface area contributed by atoms with Crippen LogP contribution >= 0.6 is 11.3 Å². The van der Waals surface area contributed by atoms with Crippen molar-refractivity contribution in [3.8, 4) is 0 Å². The lowest BCUT2D eigenvalue weighted by Gasteiger charge is -2.34. The third-order valence-electron chi connectivity index (χ3n) is 3.23. The van der Waals surface area contributed by atoms with E-state index < -0.39 is 12.0 Å². The standard InChI is InChI=1S/C12H19N3O3S/c1-7(2)15-3-4-18-9(5-15)11-14-8(6-19-11)10(13)12(16)17/h6-7,9-10H,3-5,13H2,1-2H3,(H,16,17). The fraction of sp³-hybridized carbons (Fsp3) is 0.667. The highest BCUT2D eigenvalue weighted by Gasteiger charge is 2.27. The topological polar surface area (TPSA) is 88.7 Å². The molecular formula is C12H19N3O3S. The van der Waals surface area contributed by atoms with Crippen molar-refractivity contribution < 1.29 is 14.6 Å². The molecule has 0 bridgehead atoms. The number of hydrogen-bond acceptors (Lipinski definition) is 6. The number of hydrogen-bond donors (Lipinski definition) is 2. The zero-order valence-corrected chi connectivity index (χ0v) is 11.9. The molecule has 1 aliphatic heterocycles. The molecule has 2 heterocycles. The SMILES string of the molecule is CC(C)N1CCOC(c2nc(C(N)C(=O)O)cs2)C1. The second-order valence-electron chi connectivity index (χ2n) is 4.87. The average molecular weight is 285 g/mol. The third kappa shape index (κ3) is 3.30. The molecule has 7 heteroatoms. The molecule has 1 fully saturated rings. The maximum Gasteiger partial charge on any atom is 0.326 e. The summed E-state index contributed by atoms with van der Waals surface area (Å²) in [5.74, 6) is -1.06. The van der Waals surface area contributed by atoms with Crippen LogP contribution in [0, 0.1) is 0 Å². The molecule has 106 valence electrons. The molecule has 19 heavy (non-hydrogen) atoms. The molecule has 0 saturated carbocycles. The number of ether oxygens (including phenoxy) is 1. The van der Waals surface area contributed by atoms with Crippen molar-refractivity contribution >= 4 is 17.3 Å². The van der Waals surface area contributed by atoms with Crippen LogP contribution in [0.5, 0.6) is 0 Å². The van der Waals surface area contributed by atoms with Gasteiger partial charge in [-0.3, -0.25) is 9.69 Å². The number of aliphatic carboxylic acids is 1. The van der Waals surface area contributed by atoms with E-state index in [2.05, 4.69) is 23.7 Å². The second-order valence-corrected chi connectivity index (χ2v) is 5.76. The molecule has 2 unspecified atom stereocenters. The van der Waals surface area contributed by atoms with E-state index in [1.165, 1.54) is 11.3 Å². The summed E-state index contributed by atoms with van der Waals surface area (Å²) in [6.07, 6.45) is -0.0871. The summed E-state index contributed by atoms with van der Waals surface area (Å²) < 4.78 is 5.72.